The number of aliphatic hydroxyl groups is 1. The van der Waals surface area contributed by atoms with Gasteiger partial charge in [-0.25, -0.2) is 0 Å². The Bertz CT molecular complexity index is 293. The SMILES string of the molecule is CCCCCC(CO)Cc1cccc(C)c1. The van der Waals surface area contributed by atoms with Crippen molar-refractivity contribution in [1.82, 2.24) is 0 Å². The minimum absolute atomic E-state index is 0.317. The molecule has 0 bridgehead atoms. The molecule has 0 saturated carbocycles. The van der Waals surface area contributed by atoms with Gasteiger partial charge in [-0.05, 0) is 31.2 Å². The normalized spacial score (nSPS) is 12.7. The van der Waals surface area contributed by atoms with Crippen LogP contribution in [0.4, 0.5) is 0 Å². The Kier molecular flexibility index (Phi) is 6.17. The van der Waals surface area contributed by atoms with Gasteiger partial charge in [0.05, 0.1) is 0 Å². The molecule has 1 rings (SSSR count). The highest BCUT2D eigenvalue weighted by Gasteiger charge is 2.08. The lowest BCUT2D eigenvalue weighted by atomic mass is 9.94. The van der Waals surface area contributed by atoms with Crippen molar-refractivity contribution in [3.8, 4) is 0 Å². The Morgan fingerprint density at radius 2 is 2.06 bits per heavy atom. The zero-order valence-corrected chi connectivity index (χ0v) is 10.6. The van der Waals surface area contributed by atoms with Crippen LogP contribution < -0.4 is 0 Å². The van der Waals surface area contributed by atoms with Crippen LogP contribution in [0.1, 0.15) is 43.7 Å². The molecule has 0 radical (unpaired) electrons. The van der Waals surface area contributed by atoms with Crippen LogP contribution in [0.5, 0.6) is 0 Å². The highest BCUT2D eigenvalue weighted by Crippen LogP contribution is 2.16. The van der Waals surface area contributed by atoms with Crippen LogP contribution in [0.15, 0.2) is 24.3 Å². The molecule has 1 nitrogen and oxygen atoms in total. The Hall–Kier alpha value is -0.820. The predicted molar refractivity (Wildman–Crippen MR) is 69.6 cm³/mol. The van der Waals surface area contributed by atoms with Crippen LogP contribution in [0.3, 0.4) is 0 Å². The zero-order valence-electron chi connectivity index (χ0n) is 10.6. The number of aryl methyl sites for hydroxylation is 1. The molecule has 0 aromatic heterocycles. The number of rotatable bonds is 7. The average Bonchev–Trinajstić information content (AvgIpc) is 2.28. The van der Waals surface area contributed by atoms with Crippen molar-refractivity contribution in [3.63, 3.8) is 0 Å². The van der Waals surface area contributed by atoms with Crippen LogP contribution in [0.2, 0.25) is 0 Å². The molecule has 0 amide bonds. The molecule has 1 aromatic carbocycles. The first-order valence-corrected chi connectivity index (χ1v) is 6.42. The van der Waals surface area contributed by atoms with Crippen molar-refractivity contribution in [2.24, 2.45) is 5.92 Å². The van der Waals surface area contributed by atoms with Crippen LogP contribution >= 0.6 is 0 Å². The van der Waals surface area contributed by atoms with E-state index in [0.717, 1.165) is 12.8 Å². The first-order chi connectivity index (χ1) is 7.76. The Balaban J connectivity index is 2.43. The van der Waals surface area contributed by atoms with Crippen molar-refractivity contribution >= 4 is 0 Å². The fraction of sp³-hybridized carbons (Fsp3) is 0.600. The number of unbranched alkanes of at least 4 members (excludes halogenated alkanes) is 2. The monoisotopic (exact) mass is 220 g/mol. The number of hydrogen-bond donors (Lipinski definition) is 1. The van der Waals surface area contributed by atoms with Gasteiger partial charge in [0.1, 0.15) is 0 Å². The number of aliphatic hydroxyl groups excluding tert-OH is 1. The molecule has 0 saturated heterocycles. The highest BCUT2D eigenvalue weighted by molar-refractivity contribution is 5.22. The molecule has 1 atom stereocenters. The summed E-state index contributed by atoms with van der Waals surface area (Å²) in [6, 6.07) is 8.61. The lowest BCUT2D eigenvalue weighted by Gasteiger charge is -2.14. The van der Waals surface area contributed by atoms with Crippen molar-refractivity contribution in [2.45, 2.75) is 46.0 Å². The third-order valence-corrected chi connectivity index (χ3v) is 3.08. The van der Waals surface area contributed by atoms with Gasteiger partial charge in [0.25, 0.3) is 0 Å². The Morgan fingerprint density at radius 3 is 2.69 bits per heavy atom. The Morgan fingerprint density at radius 1 is 1.25 bits per heavy atom. The van der Waals surface area contributed by atoms with Gasteiger partial charge in [-0.3, -0.25) is 0 Å². The zero-order chi connectivity index (χ0) is 11.8. The smallest absolute Gasteiger partial charge is 0.0462 e. The molecular formula is C15H24O. The first-order valence-electron chi connectivity index (χ1n) is 6.42. The van der Waals surface area contributed by atoms with E-state index in [1.165, 1.54) is 30.4 Å². The van der Waals surface area contributed by atoms with Gasteiger partial charge in [0.2, 0.25) is 0 Å². The molecular weight excluding hydrogens is 196 g/mol. The van der Waals surface area contributed by atoms with E-state index in [-0.39, 0.29) is 0 Å². The first kappa shape index (κ1) is 13.2. The van der Waals surface area contributed by atoms with Crippen LogP contribution in [-0.2, 0) is 6.42 Å². The fourth-order valence-corrected chi connectivity index (χ4v) is 2.11. The largest absolute Gasteiger partial charge is 0.396 e. The van der Waals surface area contributed by atoms with E-state index < -0.39 is 0 Å². The lowest BCUT2D eigenvalue weighted by Crippen LogP contribution is -2.09. The average molecular weight is 220 g/mol. The molecule has 0 aliphatic carbocycles. The molecule has 1 unspecified atom stereocenters. The second-order valence-electron chi connectivity index (χ2n) is 4.74. The van der Waals surface area contributed by atoms with Gasteiger partial charge in [-0.1, -0.05) is 56.0 Å². The summed E-state index contributed by atoms with van der Waals surface area (Å²) in [5.41, 5.74) is 2.67. The molecule has 0 heterocycles. The van der Waals surface area contributed by atoms with E-state index in [9.17, 15) is 5.11 Å². The van der Waals surface area contributed by atoms with Crippen LogP contribution in [0, 0.1) is 12.8 Å². The maximum absolute atomic E-state index is 9.36. The van der Waals surface area contributed by atoms with Gasteiger partial charge >= 0.3 is 0 Å². The minimum Gasteiger partial charge on any atom is -0.396 e. The highest BCUT2D eigenvalue weighted by atomic mass is 16.3. The minimum atomic E-state index is 0.317. The molecule has 0 fully saturated rings. The molecule has 16 heavy (non-hydrogen) atoms. The Labute approximate surface area is 99.5 Å². The summed E-state index contributed by atoms with van der Waals surface area (Å²) in [6.45, 7) is 4.65. The topological polar surface area (TPSA) is 20.2 Å². The molecule has 0 aliphatic heterocycles. The second kappa shape index (κ2) is 7.45. The van der Waals surface area contributed by atoms with Gasteiger partial charge in [-0.2, -0.15) is 0 Å². The van der Waals surface area contributed by atoms with Crippen LogP contribution in [-0.4, -0.2) is 11.7 Å². The summed E-state index contributed by atoms with van der Waals surface area (Å²) in [4.78, 5) is 0. The van der Waals surface area contributed by atoms with Crippen molar-refractivity contribution < 1.29 is 5.11 Å². The fourth-order valence-electron chi connectivity index (χ4n) is 2.11. The quantitative estimate of drug-likeness (QED) is 0.694. The summed E-state index contributed by atoms with van der Waals surface area (Å²) in [7, 11) is 0. The summed E-state index contributed by atoms with van der Waals surface area (Å²) >= 11 is 0. The van der Waals surface area contributed by atoms with E-state index >= 15 is 0 Å². The van der Waals surface area contributed by atoms with Gasteiger partial charge in [0.15, 0.2) is 0 Å². The summed E-state index contributed by atoms with van der Waals surface area (Å²) < 4.78 is 0. The van der Waals surface area contributed by atoms with Crippen LogP contribution in [0.25, 0.3) is 0 Å². The third kappa shape index (κ3) is 4.80. The molecule has 0 spiro atoms. The van der Waals surface area contributed by atoms with E-state index in [2.05, 4.69) is 38.1 Å². The van der Waals surface area contributed by atoms with Crippen molar-refractivity contribution in [3.05, 3.63) is 35.4 Å². The molecule has 0 aliphatic rings. The van der Waals surface area contributed by atoms with Gasteiger partial charge in [0, 0.05) is 6.61 Å². The number of benzene rings is 1. The molecule has 1 aromatic rings. The van der Waals surface area contributed by atoms with E-state index in [0.29, 0.717) is 12.5 Å². The number of hydrogen-bond acceptors (Lipinski definition) is 1. The maximum Gasteiger partial charge on any atom is 0.0462 e. The van der Waals surface area contributed by atoms with E-state index in [1.54, 1.807) is 0 Å². The predicted octanol–water partition coefficient (Wildman–Crippen LogP) is 3.73. The maximum atomic E-state index is 9.36. The summed E-state index contributed by atoms with van der Waals surface area (Å²) in [5, 5.41) is 9.36. The van der Waals surface area contributed by atoms with Gasteiger partial charge < -0.3 is 5.11 Å². The summed E-state index contributed by atoms with van der Waals surface area (Å²) in [6.07, 6.45) is 5.95. The van der Waals surface area contributed by atoms with Crippen molar-refractivity contribution in [1.29, 1.82) is 0 Å². The van der Waals surface area contributed by atoms with Gasteiger partial charge in [-0.15, -0.1) is 0 Å². The second-order valence-corrected chi connectivity index (χ2v) is 4.74. The molecule has 1 N–H and O–H groups in total. The molecule has 1 heteroatoms. The van der Waals surface area contributed by atoms with E-state index in [4.69, 9.17) is 0 Å². The third-order valence-electron chi connectivity index (χ3n) is 3.08. The lowest BCUT2D eigenvalue weighted by molar-refractivity contribution is 0.215. The molecule has 90 valence electrons. The van der Waals surface area contributed by atoms with E-state index in [1.807, 2.05) is 0 Å². The van der Waals surface area contributed by atoms with Crippen molar-refractivity contribution in [2.75, 3.05) is 6.61 Å². The summed E-state index contributed by atoms with van der Waals surface area (Å²) in [5.74, 6) is 0.438. The standard InChI is InChI=1S/C15H24O/c1-3-4-5-8-15(12-16)11-14-9-6-7-13(2)10-14/h6-7,9-10,15-16H,3-5,8,11-12H2,1-2H3.